The molecule has 1 heterocycles. The van der Waals surface area contributed by atoms with Crippen LogP contribution in [0.4, 0.5) is 0 Å². The smallest absolute Gasteiger partial charge is 0.227 e. The van der Waals surface area contributed by atoms with Crippen molar-refractivity contribution in [1.29, 1.82) is 0 Å². The van der Waals surface area contributed by atoms with Crippen LogP contribution < -0.4 is 4.74 Å². The molecule has 2 aromatic rings. The quantitative estimate of drug-likeness (QED) is 0.843. The number of amides is 1. The number of aliphatic hydroxyl groups is 1. The summed E-state index contributed by atoms with van der Waals surface area (Å²) in [4.78, 5) is 14.6. The summed E-state index contributed by atoms with van der Waals surface area (Å²) in [6, 6.07) is 15.1. The molecule has 0 aromatic heterocycles. The van der Waals surface area contributed by atoms with Crippen LogP contribution >= 0.6 is 11.6 Å². The number of hydrogen-bond donors (Lipinski definition) is 1. The second-order valence-corrected chi connectivity index (χ2v) is 7.74. The van der Waals surface area contributed by atoms with Crippen LogP contribution in [-0.2, 0) is 11.2 Å². The van der Waals surface area contributed by atoms with Gasteiger partial charge in [0.1, 0.15) is 18.0 Å². The molecule has 1 atom stereocenters. The fourth-order valence-corrected chi connectivity index (χ4v) is 3.61. The van der Waals surface area contributed by atoms with Gasteiger partial charge in [-0.1, -0.05) is 41.9 Å². The maximum Gasteiger partial charge on any atom is 0.227 e. The van der Waals surface area contributed by atoms with E-state index in [9.17, 15) is 9.90 Å². The largest absolute Gasteiger partial charge is 0.491 e. The van der Waals surface area contributed by atoms with Crippen molar-refractivity contribution in [3.8, 4) is 5.75 Å². The fraction of sp³-hybridized carbons (Fsp3) is 0.409. The third kappa shape index (κ3) is 5.47. The molecule has 5 heteroatoms. The molecule has 27 heavy (non-hydrogen) atoms. The van der Waals surface area contributed by atoms with Gasteiger partial charge < -0.3 is 14.7 Å². The number of nitrogens with zero attached hydrogens (tertiary/aromatic N) is 1. The topological polar surface area (TPSA) is 49.8 Å². The van der Waals surface area contributed by atoms with Gasteiger partial charge >= 0.3 is 0 Å². The lowest BCUT2D eigenvalue weighted by molar-refractivity contribution is -0.130. The van der Waals surface area contributed by atoms with Crippen LogP contribution in [-0.4, -0.2) is 41.2 Å². The molecule has 144 valence electrons. The van der Waals surface area contributed by atoms with Gasteiger partial charge in [0.2, 0.25) is 5.91 Å². The molecule has 1 aliphatic heterocycles. The summed E-state index contributed by atoms with van der Waals surface area (Å²) >= 11 is 5.97. The minimum Gasteiger partial charge on any atom is -0.491 e. The van der Waals surface area contributed by atoms with Crippen LogP contribution in [0, 0.1) is 6.92 Å². The first kappa shape index (κ1) is 19.7. The third-order valence-corrected chi connectivity index (χ3v) is 5.41. The number of carbonyl (C=O) groups excluding carboxylic acids is 1. The van der Waals surface area contributed by atoms with E-state index in [2.05, 4.69) is 0 Å². The Bertz CT molecular complexity index is 795. The molecule has 1 N–H and O–H groups in total. The van der Waals surface area contributed by atoms with Crippen LogP contribution in [0.15, 0.2) is 48.5 Å². The molecular formula is C22H26ClNO3. The van der Waals surface area contributed by atoms with E-state index in [4.69, 9.17) is 16.3 Å². The van der Waals surface area contributed by atoms with Crippen LogP contribution in [0.5, 0.6) is 5.75 Å². The maximum atomic E-state index is 12.7. The van der Waals surface area contributed by atoms with Gasteiger partial charge in [-0.3, -0.25) is 4.79 Å². The summed E-state index contributed by atoms with van der Waals surface area (Å²) in [5.41, 5.74) is 1.26. The minimum absolute atomic E-state index is 0.115. The molecule has 2 aromatic carbocycles. The van der Waals surface area contributed by atoms with Gasteiger partial charge in [0.05, 0.1) is 6.42 Å². The average molecular weight is 388 g/mol. The number of benzene rings is 2. The van der Waals surface area contributed by atoms with Crippen LogP contribution in [0.3, 0.4) is 0 Å². The highest BCUT2D eigenvalue weighted by Crippen LogP contribution is 2.25. The Labute approximate surface area is 165 Å². The zero-order chi connectivity index (χ0) is 19.3. The predicted molar refractivity (Wildman–Crippen MR) is 107 cm³/mol. The zero-order valence-corrected chi connectivity index (χ0v) is 16.4. The molecule has 0 bridgehead atoms. The summed E-state index contributed by atoms with van der Waals surface area (Å²) in [5.74, 6) is 0.761. The van der Waals surface area contributed by atoms with E-state index < -0.39 is 5.60 Å². The zero-order valence-electron chi connectivity index (χ0n) is 15.7. The molecule has 1 amide bonds. The number of carbonyl (C=O) groups is 1. The number of halogens is 1. The molecule has 1 fully saturated rings. The van der Waals surface area contributed by atoms with Crippen LogP contribution in [0.1, 0.15) is 30.4 Å². The Balaban J connectivity index is 1.56. The second-order valence-electron chi connectivity index (χ2n) is 7.31. The van der Waals surface area contributed by atoms with E-state index in [1.54, 1.807) is 12.1 Å². The van der Waals surface area contributed by atoms with Crippen molar-refractivity contribution in [2.75, 3.05) is 19.7 Å². The lowest BCUT2D eigenvalue weighted by Crippen LogP contribution is -2.38. The lowest BCUT2D eigenvalue weighted by atomic mass is 9.96. The maximum absolute atomic E-state index is 12.7. The Morgan fingerprint density at radius 3 is 2.78 bits per heavy atom. The Hall–Kier alpha value is -2.04. The number of hydrogen-bond acceptors (Lipinski definition) is 3. The molecule has 0 spiro atoms. The molecule has 1 saturated heterocycles. The summed E-state index contributed by atoms with van der Waals surface area (Å²) in [7, 11) is 0. The summed E-state index contributed by atoms with van der Waals surface area (Å²) in [6.45, 7) is 3.44. The summed E-state index contributed by atoms with van der Waals surface area (Å²) in [6.07, 6.45) is 2.29. The van der Waals surface area contributed by atoms with Gasteiger partial charge in [-0.25, -0.2) is 0 Å². The first-order valence-corrected chi connectivity index (χ1v) is 9.76. The number of likely N-dealkylation sites (tertiary alicyclic amines) is 1. The van der Waals surface area contributed by atoms with E-state index in [0.717, 1.165) is 17.5 Å². The van der Waals surface area contributed by atoms with Gasteiger partial charge in [0, 0.05) is 18.1 Å². The van der Waals surface area contributed by atoms with E-state index in [-0.39, 0.29) is 12.5 Å². The molecule has 0 aliphatic carbocycles. The molecule has 0 radical (unpaired) electrons. The average Bonchev–Trinajstić information content (AvgIpc) is 2.84. The van der Waals surface area contributed by atoms with Crippen molar-refractivity contribution in [3.05, 3.63) is 64.7 Å². The van der Waals surface area contributed by atoms with Crippen molar-refractivity contribution in [2.45, 2.75) is 38.2 Å². The summed E-state index contributed by atoms with van der Waals surface area (Å²) < 4.78 is 5.75. The van der Waals surface area contributed by atoms with Crippen molar-refractivity contribution in [1.82, 2.24) is 4.90 Å². The normalized spacial score (nSPS) is 20.2. The van der Waals surface area contributed by atoms with Crippen LogP contribution in [0.25, 0.3) is 0 Å². The molecule has 3 rings (SSSR count). The number of ether oxygens (including phenoxy) is 1. The van der Waals surface area contributed by atoms with Gasteiger partial charge in [-0.05, 0) is 55.5 Å². The SMILES string of the molecule is Cc1ccccc1CC(=O)N1CCCC(O)(COc2cccc(Cl)c2)CC1. The number of rotatable bonds is 5. The predicted octanol–water partition coefficient (Wildman–Crippen LogP) is 4.01. The van der Waals surface area contributed by atoms with Crippen molar-refractivity contribution >= 4 is 17.5 Å². The highest BCUT2D eigenvalue weighted by molar-refractivity contribution is 6.30. The monoisotopic (exact) mass is 387 g/mol. The Kier molecular flexibility index (Phi) is 6.40. The first-order chi connectivity index (χ1) is 13.0. The molecular weight excluding hydrogens is 362 g/mol. The van der Waals surface area contributed by atoms with Gasteiger partial charge in [-0.15, -0.1) is 0 Å². The van der Waals surface area contributed by atoms with Gasteiger partial charge in [-0.2, -0.15) is 0 Å². The second kappa shape index (κ2) is 8.77. The van der Waals surface area contributed by atoms with Crippen molar-refractivity contribution in [3.63, 3.8) is 0 Å². The van der Waals surface area contributed by atoms with Gasteiger partial charge in [0.15, 0.2) is 0 Å². The number of aryl methyl sites for hydroxylation is 1. The van der Waals surface area contributed by atoms with E-state index in [1.165, 1.54) is 0 Å². The summed E-state index contributed by atoms with van der Waals surface area (Å²) in [5, 5.41) is 11.5. The molecule has 4 nitrogen and oxygen atoms in total. The minimum atomic E-state index is -0.931. The van der Waals surface area contributed by atoms with E-state index in [0.29, 0.717) is 43.1 Å². The third-order valence-electron chi connectivity index (χ3n) is 5.18. The lowest BCUT2D eigenvalue weighted by Gasteiger charge is -2.27. The first-order valence-electron chi connectivity index (χ1n) is 9.38. The van der Waals surface area contributed by atoms with Crippen molar-refractivity contribution in [2.24, 2.45) is 0 Å². The van der Waals surface area contributed by atoms with Crippen molar-refractivity contribution < 1.29 is 14.6 Å². The molecule has 1 unspecified atom stereocenters. The standard InChI is InChI=1S/C22H26ClNO3/c1-17-6-2-3-7-18(17)14-21(25)24-12-5-10-22(26,11-13-24)16-27-20-9-4-8-19(23)15-20/h2-4,6-9,15,26H,5,10-14,16H2,1H3. The molecule has 1 aliphatic rings. The van der Waals surface area contributed by atoms with Crippen LogP contribution in [0.2, 0.25) is 5.02 Å². The fourth-order valence-electron chi connectivity index (χ4n) is 3.43. The highest BCUT2D eigenvalue weighted by Gasteiger charge is 2.32. The van der Waals surface area contributed by atoms with Gasteiger partial charge in [0.25, 0.3) is 0 Å². The Morgan fingerprint density at radius 1 is 1.19 bits per heavy atom. The van der Waals surface area contributed by atoms with E-state index >= 15 is 0 Å². The highest BCUT2D eigenvalue weighted by atomic mass is 35.5. The molecule has 0 saturated carbocycles. The Morgan fingerprint density at radius 2 is 2.00 bits per heavy atom. The van der Waals surface area contributed by atoms with E-state index in [1.807, 2.05) is 48.2 Å².